The van der Waals surface area contributed by atoms with Crippen LogP contribution in [-0.2, 0) is 22.1 Å². The maximum Gasteiger partial charge on any atom is 0.337 e. The van der Waals surface area contributed by atoms with Crippen molar-refractivity contribution in [2.24, 2.45) is 5.73 Å². The van der Waals surface area contributed by atoms with Crippen molar-refractivity contribution < 1.29 is 38.4 Å². The number of rotatable bonds is 7. The topological polar surface area (TPSA) is 168 Å². The van der Waals surface area contributed by atoms with Gasteiger partial charge >= 0.3 is 7.60 Å². The SMILES string of the molecule is NCC(O)C[n+]1cccc(CC(P(=O)([O-])O)P(=O)(O)O)c1. The maximum absolute atomic E-state index is 11.2. The van der Waals surface area contributed by atoms with E-state index in [1.54, 1.807) is 6.20 Å². The Bertz CT molecular complexity index is 548. The fraction of sp³-hybridized carbons (Fsp3) is 0.500. The molecule has 1 aromatic rings. The standard InChI is InChI=1S/C10H18N2O7P2/c11-5-9(13)7-12-3-1-2-8(6-12)4-10(20(14,15)16)21(17,18)19/h1-3,6,9-10,13H,4-5,7,11H2,(H3-,14,15,16,17,18,19). The highest BCUT2D eigenvalue weighted by molar-refractivity contribution is 7.70. The normalized spacial score (nSPS) is 18.0. The average Bonchev–Trinajstić information content (AvgIpc) is 2.33. The van der Waals surface area contributed by atoms with Gasteiger partial charge in [0, 0.05) is 24.6 Å². The van der Waals surface area contributed by atoms with E-state index in [4.69, 9.17) is 20.4 Å². The summed E-state index contributed by atoms with van der Waals surface area (Å²) >= 11 is 0. The Morgan fingerprint density at radius 3 is 2.43 bits per heavy atom. The van der Waals surface area contributed by atoms with Crippen LogP contribution < -0.4 is 15.2 Å². The van der Waals surface area contributed by atoms with Crippen LogP contribution in [0.1, 0.15) is 5.56 Å². The Morgan fingerprint density at radius 1 is 1.33 bits per heavy atom. The van der Waals surface area contributed by atoms with Gasteiger partial charge in [0.15, 0.2) is 18.9 Å². The van der Waals surface area contributed by atoms with Crippen LogP contribution >= 0.6 is 15.2 Å². The molecule has 9 nitrogen and oxygen atoms in total. The van der Waals surface area contributed by atoms with Crippen LogP contribution in [0.2, 0.25) is 0 Å². The first-order chi connectivity index (χ1) is 9.54. The molecule has 21 heavy (non-hydrogen) atoms. The fourth-order valence-electron chi connectivity index (χ4n) is 1.76. The van der Waals surface area contributed by atoms with Crippen molar-refractivity contribution in [1.82, 2.24) is 0 Å². The van der Waals surface area contributed by atoms with Gasteiger partial charge in [0.1, 0.15) is 19.1 Å². The molecular weight excluding hydrogens is 322 g/mol. The van der Waals surface area contributed by atoms with Crippen molar-refractivity contribution in [1.29, 1.82) is 0 Å². The highest BCUT2D eigenvalue weighted by atomic mass is 31.2. The molecular formula is C10H18N2O7P2. The van der Waals surface area contributed by atoms with Crippen LogP contribution in [0, 0.1) is 0 Å². The molecule has 3 atom stereocenters. The molecule has 0 bridgehead atoms. The molecule has 0 spiro atoms. The lowest BCUT2D eigenvalue weighted by Gasteiger charge is -2.27. The zero-order chi connectivity index (χ0) is 16.3. The second-order valence-corrected chi connectivity index (χ2v) is 8.60. The van der Waals surface area contributed by atoms with Crippen LogP contribution in [0.4, 0.5) is 0 Å². The van der Waals surface area contributed by atoms with E-state index in [2.05, 4.69) is 0 Å². The molecule has 11 heteroatoms. The Kier molecular flexibility index (Phi) is 6.22. The number of hydrogen-bond donors (Lipinski definition) is 5. The van der Waals surface area contributed by atoms with E-state index in [-0.39, 0.29) is 13.1 Å². The molecule has 1 heterocycles. The van der Waals surface area contributed by atoms with E-state index in [0.717, 1.165) is 0 Å². The highest BCUT2D eigenvalue weighted by Crippen LogP contribution is 2.58. The van der Waals surface area contributed by atoms with Gasteiger partial charge in [0.05, 0.1) is 0 Å². The van der Waals surface area contributed by atoms with Crippen LogP contribution in [0.3, 0.4) is 0 Å². The largest absolute Gasteiger partial charge is 0.778 e. The molecule has 0 radical (unpaired) electrons. The van der Waals surface area contributed by atoms with Gasteiger partial charge in [0.25, 0.3) is 0 Å². The molecule has 0 saturated heterocycles. The lowest BCUT2D eigenvalue weighted by Crippen LogP contribution is -2.42. The Morgan fingerprint density at radius 2 is 1.95 bits per heavy atom. The monoisotopic (exact) mass is 340 g/mol. The maximum atomic E-state index is 11.2. The van der Waals surface area contributed by atoms with Crippen LogP contribution in [0.5, 0.6) is 0 Å². The number of nitrogens with zero attached hydrogens (tertiary/aromatic N) is 1. The molecule has 3 unspecified atom stereocenters. The molecule has 0 saturated carbocycles. The first-order valence-corrected chi connectivity index (χ1v) is 9.31. The summed E-state index contributed by atoms with van der Waals surface area (Å²) in [6, 6.07) is 2.99. The molecule has 0 fully saturated rings. The van der Waals surface area contributed by atoms with E-state index < -0.39 is 33.1 Å². The minimum Gasteiger partial charge on any atom is -0.778 e. The molecule has 6 N–H and O–H groups in total. The van der Waals surface area contributed by atoms with Gasteiger partial charge in [-0.3, -0.25) is 4.57 Å². The summed E-state index contributed by atoms with van der Waals surface area (Å²) in [7, 11) is -10.2. The Balaban J connectivity index is 2.98. The predicted molar refractivity (Wildman–Crippen MR) is 71.1 cm³/mol. The fourth-order valence-corrected chi connectivity index (χ4v) is 4.17. The second kappa shape index (κ2) is 7.09. The van der Waals surface area contributed by atoms with Crippen LogP contribution in [-0.4, -0.2) is 37.8 Å². The van der Waals surface area contributed by atoms with Gasteiger partial charge in [-0.2, -0.15) is 0 Å². The van der Waals surface area contributed by atoms with Gasteiger partial charge in [-0.25, -0.2) is 4.57 Å². The minimum absolute atomic E-state index is 0.0364. The quantitative estimate of drug-likeness (QED) is 0.277. The summed E-state index contributed by atoms with van der Waals surface area (Å²) in [6.45, 7) is 0.188. The van der Waals surface area contributed by atoms with Crippen molar-refractivity contribution in [2.45, 2.75) is 24.5 Å². The number of hydrogen-bond acceptors (Lipinski definition) is 5. The average molecular weight is 340 g/mol. The van der Waals surface area contributed by atoms with Crippen molar-refractivity contribution in [3.8, 4) is 0 Å². The number of aromatic nitrogens is 1. The predicted octanol–water partition coefficient (Wildman–Crippen LogP) is -2.11. The molecule has 0 aliphatic rings. The van der Waals surface area contributed by atoms with Gasteiger partial charge in [-0.15, -0.1) is 0 Å². The third kappa shape index (κ3) is 5.94. The second-order valence-electron chi connectivity index (χ2n) is 4.64. The Labute approximate surface area is 121 Å². The smallest absolute Gasteiger partial charge is 0.337 e. The summed E-state index contributed by atoms with van der Waals surface area (Å²) in [5.41, 5.74) is 5.57. The van der Waals surface area contributed by atoms with Gasteiger partial charge in [-0.05, 0) is 6.07 Å². The van der Waals surface area contributed by atoms with Gasteiger partial charge in [0.2, 0.25) is 0 Å². The lowest BCUT2D eigenvalue weighted by atomic mass is 10.2. The molecule has 1 rings (SSSR count). The van der Waals surface area contributed by atoms with E-state index in [1.165, 1.54) is 22.9 Å². The van der Waals surface area contributed by atoms with Crippen molar-refractivity contribution in [3.63, 3.8) is 0 Å². The van der Waals surface area contributed by atoms with Crippen molar-refractivity contribution in [2.75, 3.05) is 6.54 Å². The third-order valence-corrected chi connectivity index (χ3v) is 6.47. The number of nitrogens with two attached hydrogens (primary N) is 1. The highest BCUT2D eigenvalue weighted by Gasteiger charge is 2.37. The molecule has 0 amide bonds. The van der Waals surface area contributed by atoms with Crippen LogP contribution in [0.25, 0.3) is 0 Å². The molecule has 120 valence electrons. The molecule has 0 aromatic carbocycles. The minimum atomic E-state index is -5.20. The van der Waals surface area contributed by atoms with Crippen molar-refractivity contribution >= 4 is 15.2 Å². The third-order valence-electron chi connectivity index (χ3n) is 2.80. The first-order valence-electron chi connectivity index (χ1n) is 5.99. The number of aliphatic hydroxyl groups is 1. The Hall–Kier alpha value is -0.630. The molecule has 1 aromatic heterocycles. The summed E-state index contributed by atoms with van der Waals surface area (Å²) in [6.07, 6.45) is 1.68. The molecule has 0 aliphatic heterocycles. The summed E-state index contributed by atoms with van der Waals surface area (Å²) < 4.78 is 23.8. The molecule has 0 aliphatic carbocycles. The van der Waals surface area contributed by atoms with E-state index >= 15 is 0 Å². The zero-order valence-corrected chi connectivity index (χ0v) is 12.8. The van der Waals surface area contributed by atoms with E-state index in [9.17, 15) is 19.1 Å². The first kappa shape index (κ1) is 18.4. The lowest BCUT2D eigenvalue weighted by molar-refractivity contribution is -0.703. The number of aliphatic hydroxyl groups excluding tert-OH is 1. The van der Waals surface area contributed by atoms with Crippen LogP contribution in [0.15, 0.2) is 24.5 Å². The van der Waals surface area contributed by atoms with E-state index in [1.807, 2.05) is 0 Å². The zero-order valence-electron chi connectivity index (χ0n) is 11.0. The van der Waals surface area contributed by atoms with Gasteiger partial charge < -0.3 is 35.0 Å². The van der Waals surface area contributed by atoms with E-state index in [0.29, 0.717) is 5.56 Å². The summed E-state index contributed by atoms with van der Waals surface area (Å²) in [4.78, 5) is 38.2. The summed E-state index contributed by atoms with van der Waals surface area (Å²) in [5, 5.41) is 7.24. The number of pyridine rings is 1. The van der Waals surface area contributed by atoms with Crippen molar-refractivity contribution in [3.05, 3.63) is 30.1 Å². The summed E-state index contributed by atoms with van der Waals surface area (Å²) in [5.74, 6) is 0. The van der Waals surface area contributed by atoms with Gasteiger partial charge in [-0.1, -0.05) is 0 Å².